The van der Waals surface area contributed by atoms with Gasteiger partial charge >= 0.3 is 11.3 Å². The maximum Gasteiger partial charge on any atom is 0.337 e. The van der Waals surface area contributed by atoms with Gasteiger partial charge in [-0.25, -0.2) is 14.2 Å². The van der Waals surface area contributed by atoms with E-state index in [0.717, 1.165) is 12.8 Å². The molecule has 0 saturated heterocycles. The molecular formula is C15H17BrN2O5. The van der Waals surface area contributed by atoms with Gasteiger partial charge in [0, 0.05) is 24.5 Å². The summed E-state index contributed by atoms with van der Waals surface area (Å²) in [5.41, 5.74) is -1.08. The van der Waals surface area contributed by atoms with Gasteiger partial charge in [0.2, 0.25) is 5.71 Å². The van der Waals surface area contributed by atoms with Crippen LogP contribution < -0.4 is 16.9 Å². The zero-order chi connectivity index (χ0) is 16.7. The summed E-state index contributed by atoms with van der Waals surface area (Å²) in [4.78, 5) is 37.0. The van der Waals surface area contributed by atoms with Gasteiger partial charge in [-0.1, -0.05) is 15.9 Å². The third-order valence-electron chi connectivity index (χ3n) is 3.96. The first-order chi connectivity index (χ1) is 10.9. The average Bonchev–Trinajstić information content (AvgIpc) is 3.31. The lowest BCUT2D eigenvalue weighted by molar-refractivity contribution is 0.125. The Morgan fingerprint density at radius 3 is 2.61 bits per heavy atom. The Bertz CT molecular complexity index is 920. The number of nitrogens with zero attached hydrogens (tertiary/aromatic N) is 2. The number of rotatable bonds is 5. The van der Waals surface area contributed by atoms with E-state index < -0.39 is 16.9 Å². The second kappa shape index (κ2) is 6.09. The van der Waals surface area contributed by atoms with Crippen molar-refractivity contribution in [1.82, 2.24) is 9.13 Å². The standard InChI is InChI=1S/C15H17BrN2O5/c1-8(16)10-5-11(19)23-14-12(10)13(20)17(6-9-3-4-9)15(21)18(14)7-22-2/h5,8-9H,3-4,6-7H2,1-2H3. The first-order valence-electron chi connectivity index (χ1n) is 7.38. The summed E-state index contributed by atoms with van der Waals surface area (Å²) in [6.07, 6.45) is 2.03. The van der Waals surface area contributed by atoms with E-state index in [9.17, 15) is 14.4 Å². The molecule has 0 spiro atoms. The van der Waals surface area contributed by atoms with E-state index in [-0.39, 0.29) is 22.7 Å². The maximum absolute atomic E-state index is 12.8. The maximum atomic E-state index is 12.8. The number of fused-ring (bicyclic) bond motifs is 1. The Hall–Kier alpha value is -1.67. The van der Waals surface area contributed by atoms with Crippen LogP contribution in [0.25, 0.3) is 11.1 Å². The Balaban J connectivity index is 2.44. The lowest BCUT2D eigenvalue weighted by atomic mass is 10.1. The fourth-order valence-corrected chi connectivity index (χ4v) is 3.00. The lowest BCUT2D eigenvalue weighted by Crippen LogP contribution is -2.41. The average molecular weight is 385 g/mol. The Morgan fingerprint density at radius 1 is 1.35 bits per heavy atom. The first kappa shape index (κ1) is 16.2. The van der Waals surface area contributed by atoms with Crippen molar-refractivity contribution >= 4 is 27.0 Å². The van der Waals surface area contributed by atoms with Crippen LogP contribution in [0.3, 0.4) is 0 Å². The van der Waals surface area contributed by atoms with Crippen LogP contribution >= 0.6 is 15.9 Å². The minimum atomic E-state index is -0.609. The monoisotopic (exact) mass is 384 g/mol. The fraction of sp³-hybridized carbons (Fsp3) is 0.533. The fourth-order valence-electron chi connectivity index (χ4n) is 2.63. The number of hydrogen-bond acceptors (Lipinski definition) is 5. The van der Waals surface area contributed by atoms with E-state index in [0.29, 0.717) is 18.0 Å². The van der Waals surface area contributed by atoms with Crippen molar-refractivity contribution in [1.29, 1.82) is 0 Å². The van der Waals surface area contributed by atoms with Crippen molar-refractivity contribution in [3.63, 3.8) is 0 Å². The molecule has 0 N–H and O–H groups in total. The van der Waals surface area contributed by atoms with E-state index in [1.54, 1.807) is 0 Å². The van der Waals surface area contributed by atoms with Gasteiger partial charge < -0.3 is 9.15 Å². The Kier molecular flexibility index (Phi) is 4.29. The second-order valence-corrected chi connectivity index (χ2v) is 7.18. The largest absolute Gasteiger partial charge is 0.405 e. The number of methoxy groups -OCH3 is 1. The van der Waals surface area contributed by atoms with Gasteiger partial charge in [-0.15, -0.1) is 0 Å². The summed E-state index contributed by atoms with van der Waals surface area (Å²) in [7, 11) is 1.43. The molecule has 1 saturated carbocycles. The molecule has 2 heterocycles. The van der Waals surface area contributed by atoms with Crippen LogP contribution in [0, 0.1) is 5.92 Å². The molecular weight excluding hydrogens is 368 g/mol. The molecule has 1 aliphatic rings. The number of halogens is 1. The van der Waals surface area contributed by atoms with E-state index >= 15 is 0 Å². The molecule has 8 heteroatoms. The van der Waals surface area contributed by atoms with Gasteiger partial charge in [0.15, 0.2) is 0 Å². The van der Waals surface area contributed by atoms with E-state index in [2.05, 4.69) is 15.9 Å². The van der Waals surface area contributed by atoms with Gasteiger partial charge in [-0.2, -0.15) is 0 Å². The molecule has 0 aromatic carbocycles. The van der Waals surface area contributed by atoms with E-state index in [1.165, 1.54) is 22.3 Å². The molecule has 3 rings (SSSR count). The highest BCUT2D eigenvalue weighted by Gasteiger charge is 2.26. The van der Waals surface area contributed by atoms with Gasteiger partial charge in [0.1, 0.15) is 12.1 Å². The molecule has 124 valence electrons. The summed E-state index contributed by atoms with van der Waals surface area (Å²) in [5.74, 6) is 0.356. The normalized spacial score (nSPS) is 16.0. The molecule has 1 unspecified atom stereocenters. The summed E-state index contributed by atoms with van der Waals surface area (Å²) in [5, 5.41) is 0.242. The minimum absolute atomic E-state index is 0.0392. The van der Waals surface area contributed by atoms with Crippen molar-refractivity contribution in [3.05, 3.63) is 42.9 Å². The molecule has 0 radical (unpaired) electrons. The molecule has 0 aliphatic heterocycles. The van der Waals surface area contributed by atoms with Crippen LogP contribution in [0.5, 0.6) is 0 Å². The molecule has 23 heavy (non-hydrogen) atoms. The quantitative estimate of drug-likeness (QED) is 0.730. The zero-order valence-electron chi connectivity index (χ0n) is 12.9. The molecule has 2 aromatic heterocycles. The van der Waals surface area contributed by atoms with Gasteiger partial charge in [-0.3, -0.25) is 9.36 Å². The highest BCUT2D eigenvalue weighted by molar-refractivity contribution is 9.09. The van der Waals surface area contributed by atoms with Crippen LogP contribution in [0.15, 0.2) is 24.9 Å². The molecule has 1 aliphatic carbocycles. The zero-order valence-corrected chi connectivity index (χ0v) is 14.5. The lowest BCUT2D eigenvalue weighted by Gasteiger charge is -2.14. The van der Waals surface area contributed by atoms with Crippen LogP contribution in [-0.4, -0.2) is 16.2 Å². The van der Waals surface area contributed by atoms with Crippen LogP contribution in [-0.2, 0) is 18.0 Å². The molecule has 2 aromatic rings. The van der Waals surface area contributed by atoms with Gasteiger partial charge in [0.25, 0.3) is 5.56 Å². The predicted octanol–water partition coefficient (Wildman–Crippen LogP) is 1.59. The van der Waals surface area contributed by atoms with E-state index in [1.807, 2.05) is 6.92 Å². The van der Waals surface area contributed by atoms with Crippen molar-refractivity contribution < 1.29 is 9.15 Å². The summed E-state index contributed by atoms with van der Waals surface area (Å²) in [6.45, 7) is 2.10. The molecule has 1 atom stereocenters. The predicted molar refractivity (Wildman–Crippen MR) is 88.1 cm³/mol. The highest BCUT2D eigenvalue weighted by atomic mass is 79.9. The minimum Gasteiger partial charge on any atom is -0.405 e. The summed E-state index contributed by atoms with van der Waals surface area (Å²) >= 11 is 3.39. The van der Waals surface area contributed by atoms with E-state index in [4.69, 9.17) is 9.15 Å². The van der Waals surface area contributed by atoms with Crippen molar-refractivity contribution in [2.75, 3.05) is 7.11 Å². The summed E-state index contributed by atoms with van der Waals surface area (Å²) < 4.78 is 12.6. The number of aromatic nitrogens is 2. The smallest absolute Gasteiger partial charge is 0.337 e. The molecule has 7 nitrogen and oxygen atoms in total. The highest BCUT2D eigenvalue weighted by Crippen LogP contribution is 2.30. The van der Waals surface area contributed by atoms with Crippen molar-refractivity contribution in [2.24, 2.45) is 5.92 Å². The van der Waals surface area contributed by atoms with Crippen molar-refractivity contribution in [3.8, 4) is 0 Å². The van der Waals surface area contributed by atoms with Gasteiger partial charge in [-0.05, 0) is 31.2 Å². The van der Waals surface area contributed by atoms with Crippen LogP contribution in [0.4, 0.5) is 0 Å². The third-order valence-corrected chi connectivity index (χ3v) is 4.46. The first-order valence-corrected chi connectivity index (χ1v) is 8.30. The third kappa shape index (κ3) is 2.92. The molecule has 0 bridgehead atoms. The number of hydrogen-bond donors (Lipinski definition) is 0. The summed E-state index contributed by atoms with van der Waals surface area (Å²) in [6, 6.07) is 1.28. The Labute approximate surface area is 139 Å². The molecule has 1 fully saturated rings. The number of ether oxygens (including phenoxy) is 1. The van der Waals surface area contributed by atoms with Crippen LogP contribution in [0.2, 0.25) is 0 Å². The van der Waals surface area contributed by atoms with Crippen LogP contribution in [0.1, 0.15) is 30.2 Å². The molecule has 0 amide bonds. The van der Waals surface area contributed by atoms with Gasteiger partial charge in [0.05, 0.1) is 0 Å². The van der Waals surface area contributed by atoms with Crippen molar-refractivity contribution in [2.45, 2.75) is 37.9 Å². The topological polar surface area (TPSA) is 83.4 Å². The second-order valence-electron chi connectivity index (χ2n) is 5.80. The SMILES string of the molecule is COCn1c(=O)n(CC2CC2)c(=O)c2c(C(C)Br)cc(=O)oc21. The Morgan fingerprint density at radius 2 is 2.04 bits per heavy atom. The number of alkyl halides is 1.